The lowest BCUT2D eigenvalue weighted by Crippen LogP contribution is -2.46. The highest BCUT2D eigenvalue weighted by atomic mass is 16.5. The molecule has 2 aromatic rings. The molecule has 0 aliphatic carbocycles. The average Bonchev–Trinajstić information content (AvgIpc) is 3.28. The minimum absolute atomic E-state index is 0.132. The van der Waals surface area contributed by atoms with Gasteiger partial charge in [-0.1, -0.05) is 24.3 Å². The van der Waals surface area contributed by atoms with E-state index in [1.54, 1.807) is 48.4 Å². The summed E-state index contributed by atoms with van der Waals surface area (Å²) in [4.78, 5) is 39.1. The Balaban J connectivity index is 1.45. The van der Waals surface area contributed by atoms with Gasteiger partial charge in [-0.05, 0) is 49.6 Å². The Kier molecular flexibility index (Phi) is 7.43. The predicted molar refractivity (Wildman–Crippen MR) is 113 cm³/mol. The minimum atomic E-state index is -0.470. The summed E-state index contributed by atoms with van der Waals surface area (Å²) >= 11 is 0. The van der Waals surface area contributed by atoms with Gasteiger partial charge < -0.3 is 20.3 Å². The van der Waals surface area contributed by atoms with Gasteiger partial charge in [0.2, 0.25) is 5.91 Å². The van der Waals surface area contributed by atoms with Crippen LogP contribution in [0.5, 0.6) is 5.75 Å². The summed E-state index contributed by atoms with van der Waals surface area (Å²) in [6.07, 6.45) is 2.05. The van der Waals surface area contributed by atoms with Crippen molar-refractivity contribution >= 4 is 17.7 Å². The number of benzene rings is 2. The van der Waals surface area contributed by atoms with Crippen LogP contribution < -0.4 is 15.4 Å². The number of carbonyl (C=O) groups is 3. The zero-order valence-electron chi connectivity index (χ0n) is 17.1. The molecule has 3 rings (SSSR count). The van der Waals surface area contributed by atoms with Crippen molar-refractivity contribution in [3.8, 4) is 5.75 Å². The van der Waals surface area contributed by atoms with Crippen molar-refractivity contribution in [2.45, 2.75) is 25.3 Å². The van der Waals surface area contributed by atoms with Crippen LogP contribution in [-0.2, 0) is 4.79 Å². The Morgan fingerprint density at radius 3 is 2.50 bits per heavy atom. The van der Waals surface area contributed by atoms with Crippen LogP contribution in [0.4, 0.5) is 0 Å². The lowest BCUT2D eigenvalue weighted by Gasteiger charge is -2.24. The Hall–Kier alpha value is -3.35. The third kappa shape index (κ3) is 5.37. The van der Waals surface area contributed by atoms with Crippen LogP contribution in [-0.4, -0.2) is 55.4 Å². The first kappa shape index (κ1) is 21.4. The zero-order chi connectivity index (χ0) is 21.3. The van der Waals surface area contributed by atoms with Gasteiger partial charge in [0.1, 0.15) is 11.8 Å². The Labute approximate surface area is 176 Å². The van der Waals surface area contributed by atoms with Crippen LogP contribution >= 0.6 is 0 Å². The van der Waals surface area contributed by atoms with E-state index in [2.05, 4.69) is 10.6 Å². The molecule has 1 fully saturated rings. The minimum Gasteiger partial charge on any atom is -0.497 e. The normalized spacial score (nSPS) is 15.5. The fourth-order valence-corrected chi connectivity index (χ4v) is 3.52. The van der Waals surface area contributed by atoms with Gasteiger partial charge in [-0.2, -0.15) is 0 Å². The van der Waals surface area contributed by atoms with Crippen molar-refractivity contribution in [1.82, 2.24) is 15.5 Å². The summed E-state index contributed by atoms with van der Waals surface area (Å²) < 4.78 is 5.18. The summed E-state index contributed by atoms with van der Waals surface area (Å²) in [6.45, 7) is 1.46. The Morgan fingerprint density at radius 1 is 1.00 bits per heavy atom. The molecule has 2 aromatic carbocycles. The second-order valence-electron chi connectivity index (χ2n) is 7.16. The van der Waals surface area contributed by atoms with Crippen LogP contribution in [0.3, 0.4) is 0 Å². The molecule has 0 bridgehead atoms. The van der Waals surface area contributed by atoms with Crippen molar-refractivity contribution in [3.63, 3.8) is 0 Å². The highest BCUT2D eigenvalue weighted by Gasteiger charge is 2.34. The number of hydrogen-bond donors (Lipinski definition) is 2. The van der Waals surface area contributed by atoms with Gasteiger partial charge in [0.15, 0.2) is 0 Å². The molecule has 30 heavy (non-hydrogen) atoms. The van der Waals surface area contributed by atoms with E-state index >= 15 is 0 Å². The van der Waals surface area contributed by atoms with Gasteiger partial charge in [0, 0.05) is 30.8 Å². The molecule has 0 unspecified atom stereocenters. The number of likely N-dealkylation sites (tertiary alicyclic amines) is 1. The quantitative estimate of drug-likeness (QED) is 0.655. The number of nitrogens with one attached hydrogen (secondary N) is 2. The molecular formula is C23H27N3O4. The number of hydrogen-bond acceptors (Lipinski definition) is 4. The smallest absolute Gasteiger partial charge is 0.254 e. The van der Waals surface area contributed by atoms with Crippen LogP contribution in [0, 0.1) is 0 Å². The van der Waals surface area contributed by atoms with Crippen LogP contribution in [0.15, 0.2) is 54.6 Å². The molecule has 2 N–H and O–H groups in total. The van der Waals surface area contributed by atoms with Crippen molar-refractivity contribution in [1.29, 1.82) is 0 Å². The zero-order valence-corrected chi connectivity index (χ0v) is 17.1. The summed E-state index contributed by atoms with van der Waals surface area (Å²) in [6, 6.07) is 15.5. The summed E-state index contributed by atoms with van der Waals surface area (Å²) in [5, 5.41) is 5.72. The lowest BCUT2D eigenvalue weighted by atomic mass is 10.1. The van der Waals surface area contributed by atoms with Gasteiger partial charge in [-0.3, -0.25) is 14.4 Å². The maximum atomic E-state index is 12.9. The van der Waals surface area contributed by atoms with Crippen molar-refractivity contribution < 1.29 is 19.1 Å². The molecule has 158 valence electrons. The molecule has 1 heterocycles. The van der Waals surface area contributed by atoms with E-state index < -0.39 is 6.04 Å². The topological polar surface area (TPSA) is 87.7 Å². The van der Waals surface area contributed by atoms with Crippen molar-refractivity contribution in [2.24, 2.45) is 0 Å². The van der Waals surface area contributed by atoms with Gasteiger partial charge in [-0.25, -0.2) is 0 Å². The summed E-state index contributed by atoms with van der Waals surface area (Å²) in [7, 11) is 1.55. The second kappa shape index (κ2) is 10.4. The SMILES string of the molecule is COc1cccc(C(=O)N2CCC[C@@H]2C(=O)NCCCNC(=O)c2ccccc2)c1. The maximum absolute atomic E-state index is 12.9. The van der Waals surface area contributed by atoms with Crippen LogP contribution in [0.1, 0.15) is 40.0 Å². The largest absolute Gasteiger partial charge is 0.497 e. The van der Waals surface area contributed by atoms with Crippen molar-refractivity contribution in [2.75, 3.05) is 26.7 Å². The first-order valence-electron chi connectivity index (χ1n) is 10.2. The lowest BCUT2D eigenvalue weighted by molar-refractivity contribution is -0.124. The molecule has 1 aliphatic rings. The monoisotopic (exact) mass is 409 g/mol. The molecular weight excluding hydrogens is 382 g/mol. The predicted octanol–water partition coefficient (Wildman–Crippen LogP) is 2.24. The molecule has 1 saturated heterocycles. The third-order valence-corrected chi connectivity index (χ3v) is 5.11. The van der Waals surface area contributed by atoms with E-state index in [-0.39, 0.29) is 17.7 Å². The molecule has 1 aliphatic heterocycles. The average molecular weight is 409 g/mol. The van der Waals surface area contributed by atoms with Crippen LogP contribution in [0.2, 0.25) is 0 Å². The molecule has 0 saturated carbocycles. The molecule has 0 radical (unpaired) electrons. The van der Waals surface area contributed by atoms with Crippen LogP contribution in [0.25, 0.3) is 0 Å². The first-order valence-corrected chi connectivity index (χ1v) is 10.2. The molecule has 1 atom stereocenters. The molecule has 3 amide bonds. The molecule has 7 heteroatoms. The molecule has 0 aromatic heterocycles. The van der Waals surface area contributed by atoms with Crippen molar-refractivity contribution in [3.05, 3.63) is 65.7 Å². The summed E-state index contributed by atoms with van der Waals surface area (Å²) in [5.41, 5.74) is 1.12. The third-order valence-electron chi connectivity index (χ3n) is 5.11. The molecule has 0 spiro atoms. The number of carbonyl (C=O) groups excluding carboxylic acids is 3. The van der Waals surface area contributed by atoms with E-state index in [0.717, 1.165) is 6.42 Å². The van der Waals surface area contributed by atoms with E-state index in [0.29, 0.717) is 49.4 Å². The highest BCUT2D eigenvalue weighted by Crippen LogP contribution is 2.22. The first-order chi connectivity index (χ1) is 14.6. The van der Waals surface area contributed by atoms with Gasteiger partial charge in [0.25, 0.3) is 11.8 Å². The number of nitrogens with zero attached hydrogens (tertiary/aromatic N) is 1. The standard InChI is InChI=1S/C23H27N3O4/c1-30-19-11-5-10-18(16-19)23(29)26-15-6-12-20(26)22(28)25-14-7-13-24-21(27)17-8-3-2-4-9-17/h2-5,8-11,16,20H,6-7,12-15H2,1H3,(H,24,27)(H,25,28)/t20-/m1/s1. The fourth-order valence-electron chi connectivity index (χ4n) is 3.52. The Bertz CT molecular complexity index is 885. The van der Waals surface area contributed by atoms with Gasteiger partial charge >= 0.3 is 0 Å². The highest BCUT2D eigenvalue weighted by molar-refractivity contribution is 5.98. The van der Waals surface area contributed by atoms with E-state index in [9.17, 15) is 14.4 Å². The number of amides is 3. The Morgan fingerprint density at radius 2 is 1.73 bits per heavy atom. The second-order valence-corrected chi connectivity index (χ2v) is 7.16. The van der Waals surface area contributed by atoms with E-state index in [1.165, 1.54) is 0 Å². The summed E-state index contributed by atoms with van der Waals surface area (Å²) in [5.74, 6) is 0.159. The number of methoxy groups -OCH3 is 1. The maximum Gasteiger partial charge on any atom is 0.254 e. The number of rotatable bonds is 8. The number of ether oxygens (including phenoxy) is 1. The van der Waals surface area contributed by atoms with Gasteiger partial charge in [-0.15, -0.1) is 0 Å². The molecule has 7 nitrogen and oxygen atoms in total. The fraction of sp³-hybridized carbons (Fsp3) is 0.348. The van der Waals surface area contributed by atoms with E-state index in [1.807, 2.05) is 18.2 Å². The van der Waals surface area contributed by atoms with E-state index in [4.69, 9.17) is 4.74 Å². The van der Waals surface area contributed by atoms with Gasteiger partial charge in [0.05, 0.1) is 7.11 Å².